The van der Waals surface area contributed by atoms with Crippen LogP contribution in [-0.4, -0.2) is 35.9 Å². The molecule has 2 N–H and O–H groups in total. The van der Waals surface area contributed by atoms with Crippen LogP contribution in [0.15, 0.2) is 59.5 Å². The third kappa shape index (κ3) is 4.18. The van der Waals surface area contributed by atoms with E-state index in [9.17, 15) is 9.59 Å². The smallest absolute Gasteiger partial charge is 0.274 e. The van der Waals surface area contributed by atoms with Gasteiger partial charge in [0.05, 0.1) is 31.8 Å². The summed E-state index contributed by atoms with van der Waals surface area (Å²) in [5.74, 6) is 0.554. The Morgan fingerprint density at radius 1 is 1.19 bits per heavy atom. The average molecular weight is 352 g/mol. The zero-order valence-corrected chi connectivity index (χ0v) is 14.4. The molecule has 0 fully saturated rings. The number of amides is 1. The zero-order valence-electron chi connectivity index (χ0n) is 14.4. The summed E-state index contributed by atoms with van der Waals surface area (Å²) in [5.41, 5.74) is 0.638. The number of hydrogen-bond acceptors (Lipinski definition) is 5. The Kier molecular flexibility index (Phi) is 5.48. The lowest BCUT2D eigenvalue weighted by Gasteiger charge is -2.10. The predicted octanol–water partition coefficient (Wildman–Crippen LogP) is 1.63. The molecule has 26 heavy (non-hydrogen) atoms. The molecule has 0 aliphatic rings. The van der Waals surface area contributed by atoms with Gasteiger partial charge in [-0.25, -0.2) is 4.68 Å². The Morgan fingerprint density at radius 2 is 2.04 bits per heavy atom. The Balaban J connectivity index is 1.51. The number of ether oxygens (including phenoxy) is 1. The van der Waals surface area contributed by atoms with Crippen LogP contribution >= 0.6 is 0 Å². The highest BCUT2D eigenvalue weighted by molar-refractivity contribution is 5.81. The fourth-order valence-electron chi connectivity index (χ4n) is 2.57. The molecule has 1 aromatic heterocycles. The Hall–Kier alpha value is -3.35. The van der Waals surface area contributed by atoms with E-state index < -0.39 is 0 Å². The van der Waals surface area contributed by atoms with Crippen molar-refractivity contribution in [1.29, 1.82) is 0 Å². The monoisotopic (exact) mass is 352 g/mol. The number of benzene rings is 2. The van der Waals surface area contributed by atoms with Crippen molar-refractivity contribution < 1.29 is 9.53 Å². The van der Waals surface area contributed by atoms with Crippen molar-refractivity contribution in [1.82, 2.24) is 15.1 Å². The predicted molar refractivity (Wildman–Crippen MR) is 100 cm³/mol. The van der Waals surface area contributed by atoms with Gasteiger partial charge in [0.25, 0.3) is 5.56 Å². The highest BCUT2D eigenvalue weighted by Gasteiger charge is 2.05. The summed E-state index contributed by atoms with van der Waals surface area (Å²) in [6, 6.07) is 14.6. The Morgan fingerprint density at radius 3 is 2.88 bits per heavy atom. The van der Waals surface area contributed by atoms with Crippen molar-refractivity contribution in [3.8, 4) is 5.75 Å². The first-order chi connectivity index (χ1) is 12.7. The van der Waals surface area contributed by atoms with E-state index in [1.54, 1.807) is 19.4 Å². The van der Waals surface area contributed by atoms with E-state index in [-0.39, 0.29) is 18.0 Å². The zero-order chi connectivity index (χ0) is 18.4. The van der Waals surface area contributed by atoms with Crippen molar-refractivity contribution in [2.45, 2.75) is 6.54 Å². The van der Waals surface area contributed by atoms with Gasteiger partial charge in [0.1, 0.15) is 5.75 Å². The molecule has 0 radical (unpaired) electrons. The van der Waals surface area contributed by atoms with Gasteiger partial charge >= 0.3 is 0 Å². The fourth-order valence-corrected chi connectivity index (χ4v) is 2.57. The van der Waals surface area contributed by atoms with Crippen LogP contribution in [0, 0.1) is 0 Å². The molecule has 0 saturated carbocycles. The molecule has 1 amide bonds. The van der Waals surface area contributed by atoms with Gasteiger partial charge in [-0.15, -0.1) is 0 Å². The van der Waals surface area contributed by atoms with Crippen LogP contribution < -0.4 is 20.9 Å². The fraction of sp³-hybridized carbons (Fsp3) is 0.211. The second kappa shape index (κ2) is 8.15. The van der Waals surface area contributed by atoms with E-state index in [4.69, 9.17) is 4.74 Å². The molecule has 7 heteroatoms. The summed E-state index contributed by atoms with van der Waals surface area (Å²) in [7, 11) is 1.59. The van der Waals surface area contributed by atoms with Gasteiger partial charge in [-0.3, -0.25) is 9.59 Å². The van der Waals surface area contributed by atoms with E-state index in [1.165, 1.54) is 4.68 Å². The van der Waals surface area contributed by atoms with Crippen LogP contribution in [0.3, 0.4) is 0 Å². The third-order valence-electron chi connectivity index (χ3n) is 3.93. The van der Waals surface area contributed by atoms with Gasteiger partial charge in [-0.05, 0) is 18.2 Å². The molecule has 0 bridgehead atoms. The number of nitrogens with zero attached hydrogens (tertiary/aromatic N) is 2. The summed E-state index contributed by atoms with van der Waals surface area (Å²) in [4.78, 5) is 24.3. The number of rotatable bonds is 7. The van der Waals surface area contributed by atoms with Crippen LogP contribution in [0.5, 0.6) is 5.75 Å². The van der Waals surface area contributed by atoms with Crippen molar-refractivity contribution in [2.75, 3.05) is 25.5 Å². The van der Waals surface area contributed by atoms with E-state index in [2.05, 4.69) is 15.7 Å². The van der Waals surface area contributed by atoms with Gasteiger partial charge < -0.3 is 15.4 Å². The number of fused-ring (bicyclic) bond motifs is 1. The van der Waals surface area contributed by atoms with Gasteiger partial charge in [0, 0.05) is 23.7 Å². The molecular formula is C19H20N4O3. The summed E-state index contributed by atoms with van der Waals surface area (Å²) in [6.45, 7) is 0.769. The minimum atomic E-state index is -0.165. The molecule has 0 aliphatic carbocycles. The number of aromatic nitrogens is 2. The molecule has 0 unspecified atom stereocenters. The second-order valence-corrected chi connectivity index (χ2v) is 5.70. The molecular weight excluding hydrogens is 332 g/mol. The summed E-state index contributed by atoms with van der Waals surface area (Å²) in [6.07, 6.45) is 1.66. The van der Waals surface area contributed by atoms with Crippen molar-refractivity contribution in [2.24, 2.45) is 0 Å². The maximum Gasteiger partial charge on any atom is 0.274 e. The Labute approximate surface area is 150 Å². The Bertz CT molecular complexity index is 968. The largest absolute Gasteiger partial charge is 0.497 e. The third-order valence-corrected chi connectivity index (χ3v) is 3.93. The van der Waals surface area contributed by atoms with Crippen LogP contribution in [0.2, 0.25) is 0 Å². The van der Waals surface area contributed by atoms with Crippen molar-refractivity contribution in [3.05, 3.63) is 65.1 Å². The minimum absolute atomic E-state index is 0.132. The first-order valence-corrected chi connectivity index (χ1v) is 8.27. The lowest BCUT2D eigenvalue weighted by atomic mass is 10.2. The van der Waals surface area contributed by atoms with Gasteiger partial charge in [0.15, 0.2) is 0 Å². The van der Waals surface area contributed by atoms with Crippen molar-refractivity contribution in [3.63, 3.8) is 0 Å². The highest BCUT2D eigenvalue weighted by Crippen LogP contribution is 2.16. The molecule has 0 atom stereocenters. The van der Waals surface area contributed by atoms with E-state index in [1.807, 2.05) is 42.5 Å². The molecule has 2 aromatic carbocycles. The molecule has 7 nitrogen and oxygen atoms in total. The number of anilines is 1. The number of methoxy groups -OCH3 is 1. The average Bonchev–Trinajstić information content (AvgIpc) is 2.68. The van der Waals surface area contributed by atoms with Gasteiger partial charge in [0.2, 0.25) is 5.91 Å². The first kappa shape index (κ1) is 17.5. The van der Waals surface area contributed by atoms with E-state index in [0.717, 1.165) is 16.8 Å². The number of carbonyl (C=O) groups is 1. The van der Waals surface area contributed by atoms with Crippen LogP contribution in [0.25, 0.3) is 10.8 Å². The molecule has 0 saturated heterocycles. The quantitative estimate of drug-likeness (QED) is 0.675. The number of carbonyl (C=O) groups excluding carboxylic acids is 1. The minimum Gasteiger partial charge on any atom is -0.497 e. The number of hydrogen-bond donors (Lipinski definition) is 2. The maximum absolute atomic E-state index is 12.3. The van der Waals surface area contributed by atoms with Crippen LogP contribution in [-0.2, 0) is 11.3 Å². The van der Waals surface area contributed by atoms with Gasteiger partial charge in [-0.1, -0.05) is 24.3 Å². The standard InChI is InChI=1S/C19H20N4O3/c1-26-16-7-4-6-15(11-16)21-13-18(24)20-9-10-23-19(25)17-8-3-2-5-14(17)12-22-23/h2-8,11-12,21H,9-10,13H2,1H3,(H,20,24). The lowest BCUT2D eigenvalue weighted by Crippen LogP contribution is -2.35. The first-order valence-electron chi connectivity index (χ1n) is 8.27. The topological polar surface area (TPSA) is 85.2 Å². The molecule has 3 rings (SSSR count). The van der Waals surface area contributed by atoms with Crippen molar-refractivity contribution >= 4 is 22.4 Å². The molecule has 134 valence electrons. The summed E-state index contributed by atoms with van der Waals surface area (Å²) in [5, 5.41) is 11.4. The summed E-state index contributed by atoms with van der Waals surface area (Å²) < 4.78 is 6.50. The lowest BCUT2D eigenvalue weighted by molar-refractivity contribution is -0.119. The maximum atomic E-state index is 12.3. The van der Waals surface area contributed by atoms with Crippen LogP contribution in [0.1, 0.15) is 0 Å². The molecule has 0 spiro atoms. The van der Waals surface area contributed by atoms with E-state index >= 15 is 0 Å². The molecule has 0 aliphatic heterocycles. The molecule has 1 heterocycles. The molecule has 3 aromatic rings. The highest BCUT2D eigenvalue weighted by atomic mass is 16.5. The van der Waals surface area contributed by atoms with Gasteiger partial charge in [-0.2, -0.15) is 5.10 Å². The SMILES string of the molecule is COc1cccc(NCC(=O)NCCn2ncc3ccccc3c2=O)c1. The number of nitrogens with one attached hydrogen (secondary N) is 2. The second-order valence-electron chi connectivity index (χ2n) is 5.70. The summed E-state index contributed by atoms with van der Waals surface area (Å²) >= 11 is 0. The van der Waals surface area contributed by atoms with E-state index in [0.29, 0.717) is 18.5 Å². The van der Waals surface area contributed by atoms with Crippen LogP contribution in [0.4, 0.5) is 5.69 Å². The normalized spacial score (nSPS) is 10.5.